The molecule has 0 bridgehead atoms. The van der Waals surface area contributed by atoms with E-state index in [1.807, 2.05) is 38.1 Å². The van der Waals surface area contributed by atoms with Crippen molar-refractivity contribution in [3.05, 3.63) is 39.2 Å². The number of hydrogen-bond acceptors (Lipinski definition) is 5. The lowest BCUT2D eigenvalue weighted by Crippen LogP contribution is -1.95. The Kier molecular flexibility index (Phi) is 3.35. The van der Waals surface area contributed by atoms with Gasteiger partial charge in [-0.1, -0.05) is 11.2 Å². The molecule has 0 atom stereocenters. The second-order valence-electron chi connectivity index (χ2n) is 4.57. The van der Waals surface area contributed by atoms with Crippen LogP contribution in [0, 0.1) is 13.8 Å². The normalized spacial score (nSPS) is 10.9. The summed E-state index contributed by atoms with van der Waals surface area (Å²) in [6.45, 7) is 3.99. The highest BCUT2D eigenvalue weighted by atomic mass is 79.9. The molecule has 2 heterocycles. The van der Waals surface area contributed by atoms with Crippen molar-refractivity contribution in [2.75, 3.05) is 5.73 Å². The van der Waals surface area contributed by atoms with E-state index in [0.717, 1.165) is 25.4 Å². The van der Waals surface area contributed by atoms with Gasteiger partial charge < -0.3 is 10.3 Å². The van der Waals surface area contributed by atoms with Crippen LogP contribution in [0.25, 0.3) is 22.2 Å². The molecule has 0 saturated carbocycles. The molecule has 1 aromatic carbocycles. The van der Waals surface area contributed by atoms with Gasteiger partial charge in [0, 0.05) is 5.69 Å². The van der Waals surface area contributed by atoms with Crippen LogP contribution in [-0.2, 0) is 0 Å². The Morgan fingerprint density at radius 3 is 2.75 bits per heavy atom. The lowest BCUT2D eigenvalue weighted by atomic mass is 10.0. The van der Waals surface area contributed by atoms with Gasteiger partial charge in [0.2, 0.25) is 5.82 Å². The Balaban J connectivity index is 2.06. The minimum atomic E-state index is 0.453. The van der Waals surface area contributed by atoms with Crippen molar-refractivity contribution in [1.82, 2.24) is 10.1 Å². The van der Waals surface area contributed by atoms with Crippen molar-refractivity contribution in [2.45, 2.75) is 13.8 Å². The van der Waals surface area contributed by atoms with E-state index in [1.165, 1.54) is 0 Å². The number of thiophene rings is 1. The fourth-order valence-corrected chi connectivity index (χ4v) is 3.33. The molecule has 2 aromatic heterocycles. The molecule has 0 fully saturated rings. The standard InChI is InChI=1S/C14H12BrN3OS/c1-7-5-8(2)12(16)9(6-7)14-17-13(18-19-14)10-3-4-11(15)20-10/h3-6H,16H2,1-2H3. The predicted molar refractivity (Wildman–Crippen MR) is 84.6 cm³/mol. The molecular weight excluding hydrogens is 338 g/mol. The van der Waals surface area contributed by atoms with Gasteiger partial charge >= 0.3 is 0 Å². The van der Waals surface area contributed by atoms with E-state index in [9.17, 15) is 0 Å². The minimum absolute atomic E-state index is 0.453. The third-order valence-corrected chi connectivity index (χ3v) is 4.60. The number of nitrogen functional groups attached to an aromatic ring is 1. The Hall–Kier alpha value is -1.66. The molecule has 2 N–H and O–H groups in total. The van der Waals surface area contributed by atoms with Crippen molar-refractivity contribution in [1.29, 1.82) is 0 Å². The van der Waals surface area contributed by atoms with Gasteiger partial charge in [-0.15, -0.1) is 11.3 Å². The zero-order chi connectivity index (χ0) is 14.3. The number of aromatic nitrogens is 2. The first-order valence-electron chi connectivity index (χ1n) is 6.01. The Bertz CT molecular complexity index is 779. The van der Waals surface area contributed by atoms with Crippen LogP contribution in [0.3, 0.4) is 0 Å². The van der Waals surface area contributed by atoms with Crippen molar-refractivity contribution in [3.63, 3.8) is 0 Å². The molecule has 4 nitrogen and oxygen atoms in total. The summed E-state index contributed by atoms with van der Waals surface area (Å²) in [6, 6.07) is 7.91. The molecule has 3 rings (SSSR count). The number of nitrogens with two attached hydrogens (primary N) is 1. The molecule has 102 valence electrons. The number of hydrogen-bond donors (Lipinski definition) is 1. The number of rotatable bonds is 2. The average molecular weight is 350 g/mol. The van der Waals surface area contributed by atoms with E-state index in [4.69, 9.17) is 10.3 Å². The number of halogens is 1. The second kappa shape index (κ2) is 5.03. The number of anilines is 1. The summed E-state index contributed by atoms with van der Waals surface area (Å²) in [4.78, 5) is 5.39. The van der Waals surface area contributed by atoms with Gasteiger partial charge in [-0.05, 0) is 59.1 Å². The summed E-state index contributed by atoms with van der Waals surface area (Å²) < 4.78 is 6.39. The van der Waals surface area contributed by atoms with Gasteiger partial charge in [-0.2, -0.15) is 4.98 Å². The second-order valence-corrected chi connectivity index (χ2v) is 7.03. The summed E-state index contributed by atoms with van der Waals surface area (Å²) in [7, 11) is 0. The Morgan fingerprint density at radius 1 is 1.25 bits per heavy atom. The van der Waals surface area contributed by atoms with Crippen LogP contribution in [0.1, 0.15) is 11.1 Å². The van der Waals surface area contributed by atoms with E-state index < -0.39 is 0 Å². The maximum atomic E-state index is 6.10. The summed E-state index contributed by atoms with van der Waals surface area (Å²) in [5, 5.41) is 4.02. The molecule has 0 aliphatic carbocycles. The third kappa shape index (κ3) is 2.36. The van der Waals surface area contributed by atoms with E-state index >= 15 is 0 Å². The van der Waals surface area contributed by atoms with E-state index in [2.05, 4.69) is 26.1 Å². The lowest BCUT2D eigenvalue weighted by Gasteiger charge is -2.06. The summed E-state index contributed by atoms with van der Waals surface area (Å²) in [5.74, 6) is 1.03. The number of benzene rings is 1. The molecule has 0 unspecified atom stereocenters. The highest BCUT2D eigenvalue weighted by molar-refractivity contribution is 9.11. The van der Waals surface area contributed by atoms with E-state index in [-0.39, 0.29) is 0 Å². The van der Waals surface area contributed by atoms with Gasteiger partial charge in [-0.3, -0.25) is 0 Å². The Morgan fingerprint density at radius 2 is 2.05 bits per heavy atom. The quantitative estimate of drug-likeness (QED) is 0.695. The highest BCUT2D eigenvalue weighted by Gasteiger charge is 2.15. The van der Waals surface area contributed by atoms with Gasteiger partial charge in [0.15, 0.2) is 0 Å². The summed E-state index contributed by atoms with van der Waals surface area (Å²) >= 11 is 4.98. The average Bonchev–Trinajstić information content (AvgIpc) is 3.02. The molecule has 0 saturated heterocycles. The van der Waals surface area contributed by atoms with Crippen molar-refractivity contribution >= 4 is 33.0 Å². The molecule has 0 amide bonds. The molecule has 0 spiro atoms. The number of nitrogens with zero attached hydrogens (tertiary/aromatic N) is 2. The fourth-order valence-electron chi connectivity index (χ4n) is 2.02. The van der Waals surface area contributed by atoms with Crippen LogP contribution >= 0.6 is 27.3 Å². The SMILES string of the molecule is Cc1cc(C)c(N)c(-c2nc(-c3ccc(Br)s3)no2)c1. The summed E-state index contributed by atoms with van der Waals surface area (Å²) in [6.07, 6.45) is 0. The largest absolute Gasteiger partial charge is 0.398 e. The van der Waals surface area contributed by atoms with Gasteiger partial charge in [0.05, 0.1) is 14.2 Å². The molecule has 20 heavy (non-hydrogen) atoms. The van der Waals surface area contributed by atoms with Crippen LogP contribution in [0.4, 0.5) is 5.69 Å². The van der Waals surface area contributed by atoms with Crippen molar-refractivity contribution in [3.8, 4) is 22.2 Å². The van der Waals surface area contributed by atoms with E-state index in [1.54, 1.807) is 11.3 Å². The first kappa shape index (κ1) is 13.3. The topological polar surface area (TPSA) is 64.9 Å². The third-order valence-electron chi connectivity index (χ3n) is 2.98. The van der Waals surface area contributed by atoms with Crippen LogP contribution in [0.5, 0.6) is 0 Å². The summed E-state index contributed by atoms with van der Waals surface area (Å²) in [5.41, 5.74) is 9.70. The zero-order valence-corrected chi connectivity index (χ0v) is 13.4. The minimum Gasteiger partial charge on any atom is -0.398 e. The molecule has 0 radical (unpaired) electrons. The fraction of sp³-hybridized carbons (Fsp3) is 0.143. The van der Waals surface area contributed by atoms with Crippen LogP contribution in [0.2, 0.25) is 0 Å². The van der Waals surface area contributed by atoms with E-state index in [0.29, 0.717) is 17.4 Å². The molecule has 0 aliphatic heterocycles. The lowest BCUT2D eigenvalue weighted by molar-refractivity contribution is 0.432. The maximum absolute atomic E-state index is 6.10. The van der Waals surface area contributed by atoms with Crippen LogP contribution in [-0.4, -0.2) is 10.1 Å². The molecule has 3 aromatic rings. The smallest absolute Gasteiger partial charge is 0.260 e. The van der Waals surface area contributed by atoms with Crippen molar-refractivity contribution < 1.29 is 4.52 Å². The zero-order valence-electron chi connectivity index (χ0n) is 11.0. The number of aryl methyl sites for hydroxylation is 2. The molecule has 0 aliphatic rings. The van der Waals surface area contributed by atoms with Gasteiger partial charge in [-0.25, -0.2) is 0 Å². The molecule has 6 heteroatoms. The van der Waals surface area contributed by atoms with Crippen LogP contribution < -0.4 is 5.73 Å². The van der Waals surface area contributed by atoms with Gasteiger partial charge in [0.1, 0.15) is 0 Å². The molecular formula is C14H12BrN3OS. The Labute approximate surface area is 128 Å². The van der Waals surface area contributed by atoms with Gasteiger partial charge in [0.25, 0.3) is 5.89 Å². The first-order chi connectivity index (χ1) is 9.54. The predicted octanol–water partition coefficient (Wildman–Crippen LogP) is 4.43. The highest BCUT2D eigenvalue weighted by Crippen LogP contribution is 2.33. The first-order valence-corrected chi connectivity index (χ1v) is 7.62. The monoisotopic (exact) mass is 349 g/mol. The van der Waals surface area contributed by atoms with Crippen LogP contribution in [0.15, 0.2) is 32.6 Å². The van der Waals surface area contributed by atoms with Crippen molar-refractivity contribution in [2.24, 2.45) is 0 Å². The maximum Gasteiger partial charge on any atom is 0.260 e.